The molecule has 0 saturated carbocycles. The van der Waals surface area contributed by atoms with Crippen LogP contribution in [0, 0.1) is 24.5 Å². The first-order valence-corrected chi connectivity index (χ1v) is 7.95. The van der Waals surface area contributed by atoms with Crippen LogP contribution in [0.2, 0.25) is 5.02 Å². The lowest BCUT2D eigenvalue weighted by Crippen LogP contribution is -2.20. The van der Waals surface area contributed by atoms with E-state index >= 15 is 0 Å². The van der Waals surface area contributed by atoms with E-state index in [0.29, 0.717) is 24.5 Å². The van der Waals surface area contributed by atoms with Gasteiger partial charge < -0.3 is 10.0 Å². The minimum atomic E-state index is -0.471. The summed E-state index contributed by atoms with van der Waals surface area (Å²) in [6.07, 6.45) is 8.68. The Kier molecular flexibility index (Phi) is 8.49. The average Bonchev–Trinajstić information content (AvgIpc) is 2.57. The van der Waals surface area contributed by atoms with Crippen LogP contribution in [0.1, 0.15) is 6.42 Å². The number of terminal acetylenes is 1. The first-order valence-electron chi connectivity index (χ1n) is 6.79. The molecule has 0 atom stereocenters. The molecular weight excluding hydrogens is 338 g/mol. The van der Waals surface area contributed by atoms with Gasteiger partial charge in [0.05, 0.1) is 5.69 Å². The highest BCUT2D eigenvalue weighted by Crippen LogP contribution is 2.32. The van der Waals surface area contributed by atoms with Crippen LogP contribution in [-0.2, 0) is 0 Å². The second-order valence-electron chi connectivity index (χ2n) is 4.39. The summed E-state index contributed by atoms with van der Waals surface area (Å²) in [4.78, 5) is 0.889. The monoisotopic (exact) mass is 354 g/mol. The van der Waals surface area contributed by atoms with Gasteiger partial charge in [0.25, 0.3) is 0 Å². The molecule has 0 fully saturated rings. The summed E-state index contributed by atoms with van der Waals surface area (Å²) < 4.78 is 29.0. The summed E-state index contributed by atoms with van der Waals surface area (Å²) in [5, 5.41) is 0.629. The highest BCUT2D eigenvalue weighted by atomic mass is 35.5. The van der Waals surface area contributed by atoms with Crippen molar-refractivity contribution in [2.45, 2.75) is 11.3 Å². The second kappa shape index (κ2) is 10.1. The Morgan fingerprint density at radius 2 is 1.74 bits per heavy atom. The smallest absolute Gasteiger partial charge is 0.147 e. The molecule has 0 saturated heterocycles. The molecule has 0 heterocycles. The van der Waals surface area contributed by atoms with Crippen molar-refractivity contribution in [3.63, 3.8) is 0 Å². The van der Waals surface area contributed by atoms with Gasteiger partial charge in [-0.15, -0.1) is 12.8 Å². The molecule has 0 aliphatic rings. The zero-order chi connectivity index (χ0) is 17.2. The molecule has 0 amide bonds. The van der Waals surface area contributed by atoms with Crippen molar-refractivity contribution in [2.24, 2.45) is 5.73 Å². The number of rotatable bonds is 6. The standard InChI is InChI=1S/C15H15ClF2N2S.C2H2/c16-11-2-5-13(6-3-11)21-20(9-1-8-19)15-10-12(17)4-7-14(15)18;1-2/h2-7,10H,1,8-9,19H2;1-2H. The van der Waals surface area contributed by atoms with Gasteiger partial charge in [-0.05, 0) is 61.3 Å². The van der Waals surface area contributed by atoms with E-state index in [4.69, 9.17) is 17.3 Å². The van der Waals surface area contributed by atoms with Crippen LogP contribution in [0.3, 0.4) is 0 Å². The predicted octanol–water partition coefficient (Wildman–Crippen LogP) is 4.73. The van der Waals surface area contributed by atoms with Gasteiger partial charge in [0, 0.05) is 22.5 Å². The molecule has 0 bridgehead atoms. The molecule has 0 aliphatic carbocycles. The zero-order valence-electron chi connectivity index (χ0n) is 12.4. The molecule has 0 radical (unpaired) electrons. The quantitative estimate of drug-likeness (QED) is 0.600. The Hall–Kier alpha value is -1.74. The van der Waals surface area contributed by atoms with Crippen LogP contribution in [0.5, 0.6) is 0 Å². The number of hydrogen-bond donors (Lipinski definition) is 1. The van der Waals surface area contributed by atoms with E-state index in [1.807, 2.05) is 12.1 Å². The predicted molar refractivity (Wildman–Crippen MR) is 94.6 cm³/mol. The van der Waals surface area contributed by atoms with E-state index in [-0.39, 0.29) is 5.69 Å². The molecule has 0 aliphatic heterocycles. The van der Waals surface area contributed by atoms with Gasteiger partial charge >= 0.3 is 0 Å². The number of halogens is 3. The maximum atomic E-state index is 13.9. The number of nitrogens with two attached hydrogens (primary N) is 1. The van der Waals surface area contributed by atoms with Gasteiger partial charge in [-0.2, -0.15) is 0 Å². The maximum absolute atomic E-state index is 13.9. The second-order valence-corrected chi connectivity index (χ2v) is 5.92. The molecule has 6 heteroatoms. The van der Waals surface area contributed by atoms with Crippen LogP contribution in [0.15, 0.2) is 47.4 Å². The highest BCUT2D eigenvalue weighted by Gasteiger charge is 2.14. The van der Waals surface area contributed by atoms with Crippen molar-refractivity contribution in [2.75, 3.05) is 17.4 Å². The molecular formula is C17H17ClF2N2S. The summed E-state index contributed by atoms with van der Waals surface area (Å²) in [6, 6.07) is 10.6. The third-order valence-corrected chi connectivity index (χ3v) is 4.11. The fourth-order valence-electron chi connectivity index (χ4n) is 1.75. The van der Waals surface area contributed by atoms with Crippen LogP contribution >= 0.6 is 23.5 Å². The lowest BCUT2D eigenvalue weighted by Gasteiger charge is -2.23. The molecule has 2 nitrogen and oxygen atoms in total. The van der Waals surface area contributed by atoms with Crippen LogP contribution < -0.4 is 10.0 Å². The Morgan fingerprint density at radius 3 is 2.35 bits per heavy atom. The fourth-order valence-corrected chi connectivity index (χ4v) is 2.85. The van der Waals surface area contributed by atoms with Gasteiger partial charge in [-0.3, -0.25) is 0 Å². The lowest BCUT2D eigenvalue weighted by molar-refractivity contribution is 0.599. The Labute approximate surface area is 144 Å². The minimum absolute atomic E-state index is 0.211. The first-order chi connectivity index (χ1) is 11.1. The third kappa shape index (κ3) is 6.11. The fraction of sp³-hybridized carbons (Fsp3) is 0.176. The van der Waals surface area contributed by atoms with Crippen LogP contribution in [0.4, 0.5) is 14.5 Å². The summed E-state index contributed by atoms with van der Waals surface area (Å²) in [5.41, 5.74) is 5.73. The van der Waals surface area contributed by atoms with E-state index in [0.717, 1.165) is 17.0 Å². The zero-order valence-corrected chi connectivity index (χ0v) is 14.0. The van der Waals surface area contributed by atoms with Gasteiger partial charge in [0.1, 0.15) is 11.6 Å². The third-order valence-electron chi connectivity index (χ3n) is 2.77. The molecule has 23 heavy (non-hydrogen) atoms. The van der Waals surface area contributed by atoms with E-state index in [1.54, 1.807) is 16.4 Å². The van der Waals surface area contributed by atoms with Crippen molar-refractivity contribution in [3.8, 4) is 12.8 Å². The summed E-state index contributed by atoms with van der Waals surface area (Å²) >= 11 is 7.17. The number of nitrogens with zero attached hydrogens (tertiary/aromatic N) is 1. The SMILES string of the molecule is C#C.NCCCN(Sc1ccc(Cl)cc1)c1cc(F)ccc1F. The summed E-state index contributed by atoms with van der Waals surface area (Å²) in [6.45, 7) is 0.999. The van der Waals surface area contributed by atoms with Crippen molar-refractivity contribution in [1.29, 1.82) is 0 Å². The van der Waals surface area contributed by atoms with Crippen molar-refractivity contribution in [3.05, 3.63) is 59.1 Å². The number of benzene rings is 2. The first kappa shape index (κ1) is 19.3. The molecule has 0 spiro atoms. The van der Waals surface area contributed by atoms with E-state index in [9.17, 15) is 8.78 Å². The van der Waals surface area contributed by atoms with Gasteiger partial charge in [-0.1, -0.05) is 11.6 Å². The van der Waals surface area contributed by atoms with Crippen LogP contribution in [0.25, 0.3) is 0 Å². The van der Waals surface area contributed by atoms with Gasteiger partial charge in [0.15, 0.2) is 0 Å². The Balaban J connectivity index is 0.00000127. The highest BCUT2D eigenvalue weighted by molar-refractivity contribution is 8.00. The lowest BCUT2D eigenvalue weighted by atomic mass is 10.3. The van der Waals surface area contributed by atoms with Crippen molar-refractivity contribution in [1.82, 2.24) is 0 Å². The van der Waals surface area contributed by atoms with Crippen LogP contribution in [-0.4, -0.2) is 13.1 Å². The number of hydrogen-bond acceptors (Lipinski definition) is 3. The number of anilines is 1. The van der Waals surface area contributed by atoms with E-state index in [2.05, 4.69) is 12.8 Å². The topological polar surface area (TPSA) is 29.3 Å². The summed E-state index contributed by atoms with van der Waals surface area (Å²) in [5.74, 6) is -0.935. The minimum Gasteiger partial charge on any atom is -0.330 e. The molecule has 122 valence electrons. The molecule has 2 aromatic rings. The normalized spacial score (nSPS) is 9.83. The maximum Gasteiger partial charge on any atom is 0.147 e. The van der Waals surface area contributed by atoms with Crippen molar-refractivity contribution >= 4 is 29.2 Å². The molecule has 0 unspecified atom stereocenters. The molecule has 2 rings (SSSR count). The van der Waals surface area contributed by atoms with Crippen molar-refractivity contribution < 1.29 is 8.78 Å². The Bertz CT molecular complexity index is 632. The molecule has 2 aromatic carbocycles. The molecule has 2 N–H and O–H groups in total. The summed E-state index contributed by atoms with van der Waals surface area (Å²) in [7, 11) is 0. The van der Waals surface area contributed by atoms with Gasteiger partial charge in [0.2, 0.25) is 0 Å². The molecule has 0 aromatic heterocycles. The Morgan fingerprint density at radius 1 is 1.09 bits per heavy atom. The average molecular weight is 355 g/mol. The van der Waals surface area contributed by atoms with Gasteiger partial charge in [-0.25, -0.2) is 8.78 Å². The largest absolute Gasteiger partial charge is 0.330 e. The van der Waals surface area contributed by atoms with E-state index in [1.165, 1.54) is 18.0 Å². The van der Waals surface area contributed by atoms with E-state index < -0.39 is 11.6 Å².